The number of nitrogens with one attached hydrogen (secondary N) is 2. The number of aromatic nitrogens is 6. The minimum Gasteiger partial charge on any atom is -0.369 e. The molecule has 1 amide bonds. The Kier molecular flexibility index (Phi) is 6.31. The summed E-state index contributed by atoms with van der Waals surface area (Å²) >= 11 is 0. The number of benzene rings is 1. The van der Waals surface area contributed by atoms with Crippen LogP contribution in [0.5, 0.6) is 0 Å². The van der Waals surface area contributed by atoms with Crippen molar-refractivity contribution >= 4 is 11.7 Å². The molecule has 1 aromatic carbocycles. The Labute approximate surface area is 204 Å². The number of carbonyl (C=O) groups excluding carboxylic acids is 1. The normalized spacial score (nSPS) is 17.5. The average molecular weight is 471 g/mol. The number of hydrogen-bond acceptors (Lipinski definition) is 6. The Hall–Kier alpha value is -4.01. The van der Waals surface area contributed by atoms with E-state index in [1.807, 2.05) is 57.2 Å². The van der Waals surface area contributed by atoms with Crippen LogP contribution in [0.15, 0.2) is 55.2 Å². The van der Waals surface area contributed by atoms with Crippen molar-refractivity contribution in [2.75, 3.05) is 11.9 Å². The van der Waals surface area contributed by atoms with Gasteiger partial charge in [-0.25, -0.2) is 9.97 Å². The monoisotopic (exact) mass is 470 g/mol. The second-order valence-corrected chi connectivity index (χ2v) is 9.22. The molecule has 1 unspecified atom stereocenters. The van der Waals surface area contributed by atoms with Crippen LogP contribution in [0, 0.1) is 5.92 Å². The molecule has 1 saturated carbocycles. The Balaban J connectivity index is 1.46. The summed E-state index contributed by atoms with van der Waals surface area (Å²) in [5, 5.41) is 15.3. The molecular formula is C26H30N8O. The highest BCUT2D eigenvalue weighted by Gasteiger charge is 2.28. The number of carbonyl (C=O) groups is 1. The van der Waals surface area contributed by atoms with Crippen LogP contribution in [-0.4, -0.2) is 48.0 Å². The predicted octanol–water partition coefficient (Wildman–Crippen LogP) is 3.66. The van der Waals surface area contributed by atoms with Crippen molar-refractivity contribution in [1.82, 2.24) is 34.8 Å². The molecule has 0 aliphatic heterocycles. The third kappa shape index (κ3) is 5.08. The van der Waals surface area contributed by atoms with E-state index >= 15 is 0 Å². The highest BCUT2D eigenvalue weighted by atomic mass is 16.1. The van der Waals surface area contributed by atoms with Gasteiger partial charge >= 0.3 is 0 Å². The zero-order valence-corrected chi connectivity index (χ0v) is 20.3. The Morgan fingerprint density at radius 2 is 1.74 bits per heavy atom. The van der Waals surface area contributed by atoms with Crippen molar-refractivity contribution in [1.29, 1.82) is 0 Å². The first-order chi connectivity index (χ1) is 17.0. The topological polar surface area (TPSA) is 103 Å². The van der Waals surface area contributed by atoms with E-state index in [9.17, 15) is 4.79 Å². The Morgan fingerprint density at radius 3 is 2.46 bits per heavy atom. The highest BCUT2D eigenvalue weighted by molar-refractivity contribution is 5.77. The maximum atomic E-state index is 11.6. The summed E-state index contributed by atoms with van der Waals surface area (Å²) in [6.07, 6.45) is 12.7. The molecule has 0 spiro atoms. The van der Waals surface area contributed by atoms with Gasteiger partial charge in [-0.1, -0.05) is 24.6 Å². The van der Waals surface area contributed by atoms with Crippen LogP contribution in [-0.2, 0) is 18.9 Å². The van der Waals surface area contributed by atoms with Gasteiger partial charge in [0.1, 0.15) is 5.82 Å². The van der Waals surface area contributed by atoms with Gasteiger partial charge in [0.15, 0.2) is 5.82 Å². The van der Waals surface area contributed by atoms with Gasteiger partial charge in [-0.2, -0.15) is 10.2 Å². The minimum atomic E-state index is 0.0239. The molecule has 0 radical (unpaired) electrons. The lowest BCUT2D eigenvalue weighted by molar-refractivity contribution is -0.119. The molecule has 2 atom stereocenters. The van der Waals surface area contributed by atoms with E-state index in [0.717, 1.165) is 59.4 Å². The molecule has 5 rings (SSSR count). The van der Waals surface area contributed by atoms with Crippen molar-refractivity contribution < 1.29 is 4.79 Å². The lowest BCUT2D eigenvalue weighted by Crippen LogP contribution is -2.38. The average Bonchev–Trinajstić information content (AvgIpc) is 3.59. The molecular weight excluding hydrogens is 440 g/mol. The van der Waals surface area contributed by atoms with Gasteiger partial charge in [-0.05, 0) is 30.4 Å². The fourth-order valence-electron chi connectivity index (χ4n) is 4.80. The summed E-state index contributed by atoms with van der Waals surface area (Å²) in [6.45, 7) is 2.31. The van der Waals surface area contributed by atoms with Crippen molar-refractivity contribution in [2.45, 2.75) is 32.2 Å². The van der Waals surface area contributed by atoms with Crippen LogP contribution in [0.3, 0.4) is 0 Å². The summed E-state index contributed by atoms with van der Waals surface area (Å²) in [4.78, 5) is 21.3. The SMILES string of the molecule is CC(=O)NC1CCC[C@@H]1CNc1nc(-c2cccc(-c3cnn(C)c3)c2)ncc1-c1cnn(C)c1. The van der Waals surface area contributed by atoms with Gasteiger partial charge in [0.25, 0.3) is 0 Å². The molecule has 1 aliphatic rings. The van der Waals surface area contributed by atoms with Crippen molar-refractivity contribution in [3.63, 3.8) is 0 Å². The molecule has 4 aromatic rings. The second kappa shape index (κ2) is 9.69. The van der Waals surface area contributed by atoms with Gasteiger partial charge in [0.2, 0.25) is 5.91 Å². The van der Waals surface area contributed by atoms with E-state index in [0.29, 0.717) is 11.7 Å². The molecule has 3 heterocycles. The largest absolute Gasteiger partial charge is 0.369 e. The number of rotatable bonds is 7. The zero-order valence-electron chi connectivity index (χ0n) is 20.3. The summed E-state index contributed by atoms with van der Waals surface area (Å²) < 4.78 is 3.56. The number of nitrogens with zero attached hydrogens (tertiary/aromatic N) is 6. The van der Waals surface area contributed by atoms with Crippen LogP contribution >= 0.6 is 0 Å². The molecule has 1 fully saturated rings. The predicted molar refractivity (Wildman–Crippen MR) is 135 cm³/mol. The molecule has 2 N–H and O–H groups in total. The Bertz CT molecular complexity index is 1340. The second-order valence-electron chi connectivity index (χ2n) is 9.22. The first-order valence-electron chi connectivity index (χ1n) is 11.9. The van der Waals surface area contributed by atoms with E-state index in [1.165, 1.54) is 0 Å². The van der Waals surface area contributed by atoms with Crippen molar-refractivity contribution in [2.24, 2.45) is 20.0 Å². The molecule has 180 valence electrons. The molecule has 0 bridgehead atoms. The maximum absolute atomic E-state index is 11.6. The summed E-state index contributed by atoms with van der Waals surface area (Å²) in [5.41, 5.74) is 4.90. The van der Waals surface area contributed by atoms with E-state index in [2.05, 4.69) is 33.0 Å². The highest BCUT2D eigenvalue weighted by Crippen LogP contribution is 2.31. The van der Waals surface area contributed by atoms with Gasteiger partial charge in [0.05, 0.1) is 12.4 Å². The van der Waals surface area contributed by atoms with E-state index in [-0.39, 0.29) is 11.9 Å². The number of anilines is 1. The van der Waals surface area contributed by atoms with Crippen molar-refractivity contribution in [3.8, 4) is 33.6 Å². The van der Waals surface area contributed by atoms with Crippen LogP contribution in [0.1, 0.15) is 26.2 Å². The smallest absolute Gasteiger partial charge is 0.217 e. The standard InChI is InChI=1S/C26H30N8O/c1-17(35)31-24-9-5-8-20(24)11-27-26-23(22-13-30-34(3)16-22)14-28-25(32-26)19-7-4-6-18(10-19)21-12-29-33(2)15-21/h4,6-7,10,12-16,20,24H,5,8-9,11H2,1-3H3,(H,31,35)(H,27,28,32)/t20-,24?/m1/s1. The Morgan fingerprint density at radius 1 is 1.00 bits per heavy atom. The summed E-state index contributed by atoms with van der Waals surface area (Å²) in [6, 6.07) is 8.38. The van der Waals surface area contributed by atoms with E-state index in [4.69, 9.17) is 9.97 Å². The molecule has 1 aliphatic carbocycles. The van der Waals surface area contributed by atoms with Gasteiger partial charge in [0, 0.05) is 74.5 Å². The zero-order chi connectivity index (χ0) is 24.4. The third-order valence-electron chi connectivity index (χ3n) is 6.54. The van der Waals surface area contributed by atoms with Crippen LogP contribution in [0.2, 0.25) is 0 Å². The molecule has 9 heteroatoms. The lowest BCUT2D eigenvalue weighted by atomic mass is 10.0. The lowest BCUT2D eigenvalue weighted by Gasteiger charge is -2.21. The fraction of sp³-hybridized carbons (Fsp3) is 0.346. The third-order valence-corrected chi connectivity index (χ3v) is 6.54. The van der Waals surface area contributed by atoms with Gasteiger partial charge in [-0.15, -0.1) is 0 Å². The van der Waals surface area contributed by atoms with Crippen LogP contribution in [0.25, 0.3) is 33.6 Å². The quantitative estimate of drug-likeness (QED) is 0.427. The molecule has 0 saturated heterocycles. The number of aryl methyl sites for hydroxylation is 2. The first-order valence-corrected chi connectivity index (χ1v) is 11.9. The number of amides is 1. The molecule has 9 nitrogen and oxygen atoms in total. The first kappa shape index (κ1) is 22.8. The maximum Gasteiger partial charge on any atom is 0.217 e. The van der Waals surface area contributed by atoms with Crippen molar-refractivity contribution in [3.05, 3.63) is 55.2 Å². The fourth-order valence-corrected chi connectivity index (χ4v) is 4.80. The molecule has 3 aromatic heterocycles. The molecule has 35 heavy (non-hydrogen) atoms. The van der Waals surface area contributed by atoms with Gasteiger partial charge < -0.3 is 10.6 Å². The minimum absolute atomic E-state index is 0.0239. The van der Waals surface area contributed by atoms with Gasteiger partial charge in [-0.3, -0.25) is 14.2 Å². The van der Waals surface area contributed by atoms with Crippen LogP contribution < -0.4 is 10.6 Å². The van der Waals surface area contributed by atoms with E-state index < -0.39 is 0 Å². The summed E-state index contributed by atoms with van der Waals surface area (Å²) in [7, 11) is 3.80. The number of hydrogen-bond donors (Lipinski definition) is 2. The van der Waals surface area contributed by atoms with E-state index in [1.54, 1.807) is 16.3 Å². The summed E-state index contributed by atoms with van der Waals surface area (Å²) in [5.74, 6) is 1.79. The van der Waals surface area contributed by atoms with Crippen LogP contribution in [0.4, 0.5) is 5.82 Å².